The van der Waals surface area contributed by atoms with Crippen molar-refractivity contribution in [3.63, 3.8) is 0 Å². The number of hydrazine groups is 1. The summed E-state index contributed by atoms with van der Waals surface area (Å²) >= 11 is 1.40. The Morgan fingerprint density at radius 3 is 2.59 bits per heavy atom. The number of amides is 2. The summed E-state index contributed by atoms with van der Waals surface area (Å²) in [5.74, 6) is 1.26. The first-order valence-corrected chi connectivity index (χ1v) is 10.2. The zero-order valence-corrected chi connectivity index (χ0v) is 15.7. The molecular formula is C20H22FN3O2S. The summed E-state index contributed by atoms with van der Waals surface area (Å²) in [6, 6.07) is 6.09. The predicted molar refractivity (Wildman–Crippen MR) is 101 cm³/mol. The van der Waals surface area contributed by atoms with Crippen LogP contribution in [0.1, 0.15) is 37.8 Å². The standard InChI is InChI=1S/C20H22FN3O2S/c21-16-5-3-13(4-6-16)20-22-17(11-27-20)10-19(26)24-23-18(25)9-15-8-12-1-2-14(15)7-12/h3-6,11-12,14-15H,1-2,7-10H2,(H,23,25)(H,24,26)/t12-,14+,15-/m0/s1. The van der Waals surface area contributed by atoms with Crippen LogP contribution < -0.4 is 10.9 Å². The van der Waals surface area contributed by atoms with E-state index < -0.39 is 0 Å². The van der Waals surface area contributed by atoms with Crippen LogP contribution in [0.25, 0.3) is 10.6 Å². The topological polar surface area (TPSA) is 71.1 Å². The summed E-state index contributed by atoms with van der Waals surface area (Å²) < 4.78 is 13.0. The van der Waals surface area contributed by atoms with E-state index in [0.717, 1.165) is 22.9 Å². The third kappa shape index (κ3) is 4.35. The van der Waals surface area contributed by atoms with Gasteiger partial charge in [0.25, 0.3) is 0 Å². The molecule has 2 saturated carbocycles. The second-order valence-corrected chi connectivity index (χ2v) is 8.42. The van der Waals surface area contributed by atoms with E-state index in [2.05, 4.69) is 15.8 Å². The molecule has 2 aliphatic rings. The largest absolute Gasteiger partial charge is 0.273 e. The quantitative estimate of drug-likeness (QED) is 0.772. The maximum absolute atomic E-state index is 13.0. The Balaban J connectivity index is 1.23. The van der Waals surface area contributed by atoms with Crippen molar-refractivity contribution in [1.82, 2.24) is 15.8 Å². The Bertz CT molecular complexity index is 836. The molecule has 2 N–H and O–H groups in total. The van der Waals surface area contributed by atoms with E-state index in [0.29, 0.717) is 24.0 Å². The number of fused-ring (bicyclic) bond motifs is 2. The van der Waals surface area contributed by atoms with Gasteiger partial charge in [0.05, 0.1) is 12.1 Å². The highest BCUT2D eigenvalue weighted by Gasteiger charge is 2.40. The van der Waals surface area contributed by atoms with Crippen molar-refractivity contribution in [2.24, 2.45) is 17.8 Å². The second kappa shape index (κ2) is 7.76. The Morgan fingerprint density at radius 1 is 1.11 bits per heavy atom. The first kappa shape index (κ1) is 18.1. The molecule has 2 bridgehead atoms. The Kier molecular flexibility index (Phi) is 5.20. The number of hydrogen-bond acceptors (Lipinski definition) is 4. The van der Waals surface area contributed by atoms with E-state index in [4.69, 9.17) is 0 Å². The van der Waals surface area contributed by atoms with Crippen molar-refractivity contribution in [3.8, 4) is 10.6 Å². The van der Waals surface area contributed by atoms with Crippen molar-refractivity contribution in [2.45, 2.75) is 38.5 Å². The molecule has 0 radical (unpaired) electrons. The van der Waals surface area contributed by atoms with Crippen molar-refractivity contribution in [1.29, 1.82) is 0 Å². The number of rotatable bonds is 5. The van der Waals surface area contributed by atoms with Gasteiger partial charge in [0.15, 0.2) is 0 Å². The number of carbonyl (C=O) groups excluding carboxylic acids is 2. The molecule has 1 aromatic carbocycles. The average Bonchev–Trinajstić information content (AvgIpc) is 3.38. The summed E-state index contributed by atoms with van der Waals surface area (Å²) in [5, 5.41) is 2.54. The molecule has 1 heterocycles. The first-order valence-electron chi connectivity index (χ1n) is 9.35. The molecule has 2 aromatic rings. The van der Waals surface area contributed by atoms with Gasteiger partial charge in [-0.3, -0.25) is 20.4 Å². The van der Waals surface area contributed by atoms with E-state index in [1.807, 2.05) is 0 Å². The number of benzene rings is 1. The number of hydrogen-bond donors (Lipinski definition) is 2. The summed E-state index contributed by atoms with van der Waals surface area (Å²) in [4.78, 5) is 28.5. The third-order valence-electron chi connectivity index (χ3n) is 5.66. The maximum Gasteiger partial charge on any atom is 0.244 e. The van der Waals surface area contributed by atoms with Gasteiger partial charge in [0.1, 0.15) is 10.8 Å². The van der Waals surface area contributed by atoms with Gasteiger partial charge in [-0.05, 0) is 61.3 Å². The molecule has 0 saturated heterocycles. The first-order chi connectivity index (χ1) is 13.1. The van der Waals surface area contributed by atoms with Gasteiger partial charge in [-0.15, -0.1) is 11.3 Å². The number of nitrogens with one attached hydrogen (secondary N) is 2. The van der Waals surface area contributed by atoms with Gasteiger partial charge < -0.3 is 0 Å². The van der Waals surface area contributed by atoms with Gasteiger partial charge in [-0.1, -0.05) is 6.42 Å². The second-order valence-electron chi connectivity index (χ2n) is 7.56. The summed E-state index contributed by atoms with van der Waals surface area (Å²) in [6.07, 6.45) is 5.56. The molecule has 2 amide bonds. The summed E-state index contributed by atoms with van der Waals surface area (Å²) in [7, 11) is 0. The molecule has 0 aliphatic heterocycles. The van der Waals surface area contributed by atoms with Crippen LogP contribution in [0, 0.1) is 23.6 Å². The Hall–Kier alpha value is -2.28. The lowest BCUT2D eigenvalue weighted by Gasteiger charge is -2.20. The molecule has 142 valence electrons. The molecule has 7 heteroatoms. The van der Waals surface area contributed by atoms with Crippen LogP contribution in [0.15, 0.2) is 29.6 Å². The van der Waals surface area contributed by atoms with Gasteiger partial charge in [0.2, 0.25) is 11.8 Å². The molecular weight excluding hydrogens is 365 g/mol. The SMILES string of the molecule is O=C(Cc1csc(-c2ccc(F)cc2)n1)NNC(=O)C[C@@H]1C[C@H]2CC[C@@H]1C2. The van der Waals surface area contributed by atoms with Gasteiger partial charge >= 0.3 is 0 Å². The lowest BCUT2D eigenvalue weighted by atomic mass is 9.86. The molecule has 3 atom stereocenters. The lowest BCUT2D eigenvalue weighted by Crippen LogP contribution is -2.43. The van der Waals surface area contributed by atoms with Gasteiger partial charge in [-0.25, -0.2) is 9.37 Å². The molecule has 2 aliphatic carbocycles. The smallest absolute Gasteiger partial charge is 0.244 e. The summed E-state index contributed by atoms with van der Waals surface area (Å²) in [5.41, 5.74) is 6.45. The zero-order valence-electron chi connectivity index (χ0n) is 14.9. The number of carbonyl (C=O) groups is 2. The van der Waals surface area contributed by atoms with Crippen molar-refractivity contribution < 1.29 is 14.0 Å². The van der Waals surface area contributed by atoms with E-state index in [-0.39, 0.29) is 24.1 Å². The number of nitrogens with zero attached hydrogens (tertiary/aromatic N) is 1. The molecule has 2 fully saturated rings. The fraction of sp³-hybridized carbons (Fsp3) is 0.450. The zero-order chi connectivity index (χ0) is 18.8. The summed E-state index contributed by atoms with van der Waals surface area (Å²) in [6.45, 7) is 0. The fourth-order valence-electron chi connectivity index (χ4n) is 4.38. The van der Waals surface area contributed by atoms with E-state index >= 15 is 0 Å². The molecule has 0 spiro atoms. The molecule has 0 unspecified atom stereocenters. The Labute approximate surface area is 161 Å². The monoisotopic (exact) mass is 387 g/mol. The minimum Gasteiger partial charge on any atom is -0.273 e. The van der Waals surface area contributed by atoms with Crippen molar-refractivity contribution >= 4 is 23.2 Å². The van der Waals surface area contributed by atoms with Crippen LogP contribution in [0.3, 0.4) is 0 Å². The molecule has 1 aromatic heterocycles. The molecule has 5 nitrogen and oxygen atoms in total. The van der Waals surface area contributed by atoms with E-state index in [9.17, 15) is 14.0 Å². The predicted octanol–water partition coefficient (Wildman–Crippen LogP) is 3.47. The highest BCUT2D eigenvalue weighted by Crippen LogP contribution is 2.49. The highest BCUT2D eigenvalue weighted by molar-refractivity contribution is 7.13. The minimum atomic E-state index is -0.299. The number of aromatic nitrogens is 1. The average molecular weight is 387 g/mol. The normalized spacial score (nSPS) is 23.4. The van der Waals surface area contributed by atoms with Crippen molar-refractivity contribution in [3.05, 3.63) is 41.2 Å². The fourth-order valence-corrected chi connectivity index (χ4v) is 5.20. The highest BCUT2D eigenvalue weighted by atomic mass is 32.1. The van der Waals surface area contributed by atoms with Crippen LogP contribution in [-0.4, -0.2) is 16.8 Å². The van der Waals surface area contributed by atoms with Crippen molar-refractivity contribution in [2.75, 3.05) is 0 Å². The van der Waals surface area contributed by atoms with Crippen LogP contribution in [0.2, 0.25) is 0 Å². The van der Waals surface area contributed by atoms with Gasteiger partial charge in [-0.2, -0.15) is 0 Å². The lowest BCUT2D eigenvalue weighted by molar-refractivity contribution is -0.129. The third-order valence-corrected chi connectivity index (χ3v) is 6.60. The maximum atomic E-state index is 13.0. The molecule has 27 heavy (non-hydrogen) atoms. The van der Waals surface area contributed by atoms with Crippen LogP contribution in [0.5, 0.6) is 0 Å². The van der Waals surface area contributed by atoms with Crippen LogP contribution in [0.4, 0.5) is 4.39 Å². The number of halogens is 1. The minimum absolute atomic E-state index is 0.0894. The molecule has 4 rings (SSSR count). The van der Waals surface area contributed by atoms with Gasteiger partial charge in [0, 0.05) is 17.4 Å². The van der Waals surface area contributed by atoms with Crippen LogP contribution in [-0.2, 0) is 16.0 Å². The number of thiazole rings is 1. The van der Waals surface area contributed by atoms with Crippen LogP contribution >= 0.6 is 11.3 Å². The van der Waals surface area contributed by atoms with E-state index in [1.165, 1.54) is 42.7 Å². The van der Waals surface area contributed by atoms with E-state index in [1.54, 1.807) is 17.5 Å². The Morgan fingerprint density at radius 2 is 1.89 bits per heavy atom.